The molecule has 0 bridgehead atoms. The van der Waals surface area contributed by atoms with E-state index in [2.05, 4.69) is 15.3 Å². The molecule has 0 saturated carbocycles. The van der Waals surface area contributed by atoms with Gasteiger partial charge in [0.25, 0.3) is 0 Å². The van der Waals surface area contributed by atoms with Crippen LogP contribution in [0.4, 0.5) is 11.4 Å². The number of carbonyl (C=O) groups is 1. The summed E-state index contributed by atoms with van der Waals surface area (Å²) in [7, 11) is 1.57. The van der Waals surface area contributed by atoms with Gasteiger partial charge in [-0.05, 0) is 32.4 Å². The molecule has 0 saturated heterocycles. The average Bonchev–Trinajstić information content (AvgIpc) is 2.63. The van der Waals surface area contributed by atoms with Crippen molar-refractivity contribution in [3.05, 3.63) is 47.5 Å². The first kappa shape index (κ1) is 20.8. The SMILES string of the molecule is CCO[C@H](C)c1ccc([C@@H](COC)CC(=O)O)cc1Nc1cnc(C)nc1. The van der Waals surface area contributed by atoms with Crippen molar-refractivity contribution in [3.8, 4) is 0 Å². The summed E-state index contributed by atoms with van der Waals surface area (Å²) in [6, 6.07) is 5.86. The summed E-state index contributed by atoms with van der Waals surface area (Å²) in [5, 5.41) is 12.5. The molecule has 0 aliphatic heterocycles. The fourth-order valence-electron chi connectivity index (χ4n) is 2.93. The van der Waals surface area contributed by atoms with Gasteiger partial charge in [0.05, 0.1) is 37.2 Å². The zero-order valence-electron chi connectivity index (χ0n) is 16.2. The van der Waals surface area contributed by atoms with Crippen LogP contribution in [0.1, 0.15) is 49.2 Å². The molecule has 1 heterocycles. The highest BCUT2D eigenvalue weighted by Gasteiger charge is 2.19. The van der Waals surface area contributed by atoms with Crippen LogP contribution in [0.15, 0.2) is 30.6 Å². The van der Waals surface area contributed by atoms with E-state index in [0.29, 0.717) is 19.0 Å². The number of aromatic nitrogens is 2. The van der Waals surface area contributed by atoms with Crippen molar-refractivity contribution in [1.82, 2.24) is 9.97 Å². The van der Waals surface area contributed by atoms with Crippen molar-refractivity contribution in [1.29, 1.82) is 0 Å². The fourth-order valence-corrected chi connectivity index (χ4v) is 2.93. The van der Waals surface area contributed by atoms with E-state index in [0.717, 1.165) is 22.5 Å². The van der Waals surface area contributed by atoms with Crippen LogP contribution in [-0.4, -0.2) is 41.4 Å². The Balaban J connectivity index is 2.40. The van der Waals surface area contributed by atoms with Crippen LogP contribution in [0.5, 0.6) is 0 Å². The number of ether oxygens (including phenoxy) is 2. The number of hydrogen-bond donors (Lipinski definition) is 2. The molecule has 1 aromatic carbocycles. The standard InChI is InChI=1S/C20H27N3O4/c1-5-27-13(2)18-7-6-15(16(12-26-4)9-20(24)25)8-19(18)23-17-10-21-14(3)22-11-17/h6-8,10-11,13,16,23H,5,9,12H2,1-4H3,(H,24,25)/t13-,16-/m1/s1. The molecule has 0 aliphatic carbocycles. The Hall–Kier alpha value is -2.51. The molecule has 2 atom stereocenters. The van der Waals surface area contributed by atoms with Crippen LogP contribution in [0.25, 0.3) is 0 Å². The second-order valence-electron chi connectivity index (χ2n) is 6.34. The van der Waals surface area contributed by atoms with Crippen molar-refractivity contribution >= 4 is 17.3 Å². The second-order valence-corrected chi connectivity index (χ2v) is 6.34. The smallest absolute Gasteiger partial charge is 0.304 e. The Kier molecular flexibility index (Phi) is 7.69. The van der Waals surface area contributed by atoms with E-state index in [1.807, 2.05) is 39.0 Å². The maximum Gasteiger partial charge on any atom is 0.304 e. The summed E-state index contributed by atoms with van der Waals surface area (Å²) < 4.78 is 11.0. The number of nitrogens with zero attached hydrogens (tertiary/aromatic N) is 2. The monoisotopic (exact) mass is 373 g/mol. The van der Waals surface area contributed by atoms with Crippen molar-refractivity contribution in [2.75, 3.05) is 25.6 Å². The average molecular weight is 373 g/mol. The summed E-state index contributed by atoms with van der Waals surface area (Å²) in [5.41, 5.74) is 3.46. The maximum atomic E-state index is 11.2. The summed E-state index contributed by atoms with van der Waals surface area (Å²) in [6.45, 7) is 6.70. The van der Waals surface area contributed by atoms with Crippen molar-refractivity contribution < 1.29 is 19.4 Å². The number of anilines is 2. The predicted octanol–water partition coefficient (Wildman–Crippen LogP) is 3.83. The molecule has 2 N–H and O–H groups in total. The minimum Gasteiger partial charge on any atom is -0.481 e. The molecule has 0 aliphatic rings. The van der Waals surface area contributed by atoms with E-state index in [1.54, 1.807) is 19.5 Å². The van der Waals surface area contributed by atoms with Gasteiger partial charge >= 0.3 is 5.97 Å². The first-order valence-electron chi connectivity index (χ1n) is 8.96. The normalized spacial score (nSPS) is 13.2. The largest absolute Gasteiger partial charge is 0.481 e. The van der Waals surface area contributed by atoms with Gasteiger partial charge in [-0.15, -0.1) is 0 Å². The summed E-state index contributed by atoms with van der Waals surface area (Å²) in [4.78, 5) is 19.6. The first-order valence-corrected chi connectivity index (χ1v) is 8.96. The maximum absolute atomic E-state index is 11.2. The number of nitrogens with one attached hydrogen (secondary N) is 1. The zero-order valence-corrected chi connectivity index (χ0v) is 16.2. The highest BCUT2D eigenvalue weighted by Crippen LogP contribution is 2.32. The predicted molar refractivity (Wildman–Crippen MR) is 103 cm³/mol. The Morgan fingerprint density at radius 3 is 2.59 bits per heavy atom. The molecular formula is C20H27N3O4. The van der Waals surface area contributed by atoms with Crippen LogP contribution in [0, 0.1) is 6.92 Å². The highest BCUT2D eigenvalue weighted by molar-refractivity contribution is 5.69. The van der Waals surface area contributed by atoms with Crippen LogP contribution < -0.4 is 5.32 Å². The molecule has 0 fully saturated rings. The Bertz CT molecular complexity index is 749. The van der Waals surface area contributed by atoms with Gasteiger partial charge in [0.15, 0.2) is 0 Å². The number of aryl methyl sites for hydroxylation is 1. The van der Waals surface area contributed by atoms with E-state index < -0.39 is 5.97 Å². The van der Waals surface area contributed by atoms with Crippen LogP contribution in [0.3, 0.4) is 0 Å². The van der Waals surface area contributed by atoms with E-state index in [-0.39, 0.29) is 18.4 Å². The minimum atomic E-state index is -0.856. The molecule has 0 radical (unpaired) electrons. The van der Waals surface area contributed by atoms with E-state index >= 15 is 0 Å². The topological polar surface area (TPSA) is 93.6 Å². The van der Waals surface area contributed by atoms with Crippen molar-refractivity contribution in [2.24, 2.45) is 0 Å². The van der Waals surface area contributed by atoms with E-state index in [1.165, 1.54) is 0 Å². The quantitative estimate of drug-likeness (QED) is 0.653. The number of aliphatic carboxylic acids is 1. The van der Waals surface area contributed by atoms with Gasteiger partial charge in [0.1, 0.15) is 5.82 Å². The molecule has 0 amide bonds. The number of methoxy groups -OCH3 is 1. The number of carboxylic acids is 1. The summed E-state index contributed by atoms with van der Waals surface area (Å²) in [5.74, 6) is -0.400. The summed E-state index contributed by atoms with van der Waals surface area (Å²) >= 11 is 0. The number of hydrogen-bond acceptors (Lipinski definition) is 6. The van der Waals surface area contributed by atoms with E-state index in [9.17, 15) is 9.90 Å². The van der Waals surface area contributed by atoms with Crippen LogP contribution >= 0.6 is 0 Å². The first-order chi connectivity index (χ1) is 12.9. The molecule has 146 valence electrons. The Morgan fingerprint density at radius 2 is 2.00 bits per heavy atom. The van der Waals surface area contributed by atoms with E-state index in [4.69, 9.17) is 9.47 Å². The van der Waals surface area contributed by atoms with Gasteiger partial charge in [-0.2, -0.15) is 0 Å². The van der Waals surface area contributed by atoms with Crippen molar-refractivity contribution in [3.63, 3.8) is 0 Å². The fraction of sp³-hybridized carbons (Fsp3) is 0.450. The summed E-state index contributed by atoms with van der Waals surface area (Å²) in [6.07, 6.45) is 3.32. The lowest BCUT2D eigenvalue weighted by atomic mass is 9.93. The third-order valence-electron chi connectivity index (χ3n) is 4.25. The van der Waals surface area contributed by atoms with Gasteiger partial charge < -0.3 is 19.9 Å². The Labute approximate surface area is 159 Å². The third kappa shape index (κ3) is 6.01. The number of carboxylic acid groups (broad SMARTS) is 1. The zero-order chi connectivity index (χ0) is 19.8. The lowest BCUT2D eigenvalue weighted by molar-refractivity contribution is -0.137. The van der Waals surface area contributed by atoms with Crippen LogP contribution in [-0.2, 0) is 14.3 Å². The molecule has 7 nitrogen and oxygen atoms in total. The van der Waals surface area contributed by atoms with Crippen LogP contribution in [0.2, 0.25) is 0 Å². The molecule has 0 spiro atoms. The molecule has 2 rings (SSSR count). The van der Waals surface area contributed by atoms with Crippen molar-refractivity contribution in [2.45, 2.75) is 39.2 Å². The second kappa shape index (κ2) is 9.99. The van der Waals surface area contributed by atoms with Gasteiger partial charge in [-0.25, -0.2) is 9.97 Å². The molecular weight excluding hydrogens is 346 g/mol. The molecule has 1 aromatic heterocycles. The van der Waals surface area contributed by atoms with Gasteiger partial charge in [-0.3, -0.25) is 4.79 Å². The molecule has 0 unspecified atom stereocenters. The minimum absolute atomic E-state index is 0.00127. The van der Waals surface area contributed by atoms with Gasteiger partial charge in [0.2, 0.25) is 0 Å². The molecule has 7 heteroatoms. The Morgan fingerprint density at radius 1 is 1.30 bits per heavy atom. The third-order valence-corrected chi connectivity index (χ3v) is 4.25. The lowest BCUT2D eigenvalue weighted by Crippen LogP contribution is -2.13. The van der Waals surface area contributed by atoms with Gasteiger partial charge in [-0.1, -0.05) is 12.1 Å². The number of benzene rings is 1. The highest BCUT2D eigenvalue weighted by atomic mass is 16.5. The molecule has 27 heavy (non-hydrogen) atoms. The lowest BCUT2D eigenvalue weighted by Gasteiger charge is -2.21. The molecule has 2 aromatic rings. The van der Waals surface area contributed by atoms with Gasteiger partial charge in [0, 0.05) is 30.9 Å². The number of rotatable bonds is 10.